The van der Waals surface area contributed by atoms with Gasteiger partial charge in [0.2, 0.25) is 0 Å². The van der Waals surface area contributed by atoms with E-state index in [9.17, 15) is 4.79 Å². The van der Waals surface area contributed by atoms with Gasteiger partial charge in [-0.2, -0.15) is 5.10 Å². The fourth-order valence-corrected chi connectivity index (χ4v) is 2.16. The van der Waals surface area contributed by atoms with Gasteiger partial charge in [-0.3, -0.25) is 9.48 Å². The molecule has 88 valence electrons. The van der Waals surface area contributed by atoms with Gasteiger partial charge in [0.1, 0.15) is 5.78 Å². The van der Waals surface area contributed by atoms with Crippen LogP contribution < -0.4 is 0 Å². The van der Waals surface area contributed by atoms with Crippen LogP contribution in [0.2, 0.25) is 0 Å². The van der Waals surface area contributed by atoms with Gasteiger partial charge in [-0.05, 0) is 32.3 Å². The Morgan fingerprint density at radius 3 is 2.75 bits per heavy atom. The van der Waals surface area contributed by atoms with Crippen molar-refractivity contribution in [3.63, 3.8) is 0 Å². The SMILES string of the molecule is CCc1cc(CC(=O)C2CCC2)n(CC)n1. The Labute approximate surface area is 96.8 Å². The van der Waals surface area contributed by atoms with Crippen LogP contribution in [0.5, 0.6) is 0 Å². The predicted molar refractivity (Wildman–Crippen MR) is 63.3 cm³/mol. The second-order valence-electron chi connectivity index (χ2n) is 4.57. The van der Waals surface area contributed by atoms with E-state index in [1.807, 2.05) is 4.68 Å². The molecule has 0 atom stereocenters. The van der Waals surface area contributed by atoms with Crippen LogP contribution in [0.3, 0.4) is 0 Å². The van der Waals surface area contributed by atoms with Gasteiger partial charge in [0, 0.05) is 24.6 Å². The van der Waals surface area contributed by atoms with Crippen molar-refractivity contribution in [2.24, 2.45) is 5.92 Å². The summed E-state index contributed by atoms with van der Waals surface area (Å²) in [7, 11) is 0. The molecule has 16 heavy (non-hydrogen) atoms. The monoisotopic (exact) mass is 220 g/mol. The van der Waals surface area contributed by atoms with Crippen molar-refractivity contribution in [3.8, 4) is 0 Å². The lowest BCUT2D eigenvalue weighted by Crippen LogP contribution is -2.24. The van der Waals surface area contributed by atoms with Crippen LogP contribution in [0.1, 0.15) is 44.5 Å². The first-order chi connectivity index (χ1) is 7.74. The average Bonchev–Trinajstić information content (AvgIpc) is 2.57. The van der Waals surface area contributed by atoms with Gasteiger partial charge < -0.3 is 0 Å². The molecule has 0 aliphatic heterocycles. The summed E-state index contributed by atoms with van der Waals surface area (Å²) < 4.78 is 1.97. The first-order valence-electron chi connectivity index (χ1n) is 6.32. The molecule has 3 heteroatoms. The number of hydrogen-bond donors (Lipinski definition) is 0. The molecule has 0 amide bonds. The van der Waals surface area contributed by atoms with Gasteiger partial charge in [0.25, 0.3) is 0 Å². The molecule has 1 saturated carbocycles. The Morgan fingerprint density at radius 1 is 1.50 bits per heavy atom. The van der Waals surface area contributed by atoms with Crippen molar-refractivity contribution in [2.45, 2.75) is 52.5 Å². The largest absolute Gasteiger partial charge is 0.299 e. The lowest BCUT2D eigenvalue weighted by molar-refractivity contribution is -0.124. The minimum atomic E-state index is 0.338. The molecule has 1 aromatic rings. The lowest BCUT2D eigenvalue weighted by Gasteiger charge is -2.23. The zero-order chi connectivity index (χ0) is 11.5. The lowest BCUT2D eigenvalue weighted by atomic mass is 9.81. The number of Topliss-reactive ketones (excluding diaryl/α,β-unsaturated/α-hetero) is 1. The summed E-state index contributed by atoms with van der Waals surface area (Å²) in [4.78, 5) is 11.9. The topological polar surface area (TPSA) is 34.9 Å². The highest BCUT2D eigenvalue weighted by Gasteiger charge is 2.25. The quantitative estimate of drug-likeness (QED) is 0.763. The standard InChI is InChI=1S/C13H20N2O/c1-3-11-8-12(15(4-2)14-11)9-13(16)10-6-5-7-10/h8,10H,3-7,9H2,1-2H3. The molecule has 0 saturated heterocycles. The number of carbonyl (C=O) groups is 1. The van der Waals surface area contributed by atoms with Crippen molar-refractivity contribution < 1.29 is 4.79 Å². The molecule has 0 N–H and O–H groups in total. The Morgan fingerprint density at radius 2 is 2.25 bits per heavy atom. The third-order valence-corrected chi connectivity index (χ3v) is 3.49. The molecule has 1 heterocycles. The van der Waals surface area contributed by atoms with Crippen LogP contribution in [0.15, 0.2) is 6.07 Å². The summed E-state index contributed by atoms with van der Waals surface area (Å²) in [5.74, 6) is 0.744. The van der Waals surface area contributed by atoms with Crippen LogP contribution >= 0.6 is 0 Å². The predicted octanol–water partition coefficient (Wildman–Crippen LogP) is 2.38. The van der Waals surface area contributed by atoms with Crippen molar-refractivity contribution >= 4 is 5.78 Å². The highest BCUT2D eigenvalue weighted by Crippen LogP contribution is 2.28. The Hall–Kier alpha value is -1.12. The average molecular weight is 220 g/mol. The van der Waals surface area contributed by atoms with Crippen molar-refractivity contribution in [3.05, 3.63) is 17.5 Å². The molecule has 1 aromatic heterocycles. The number of carbonyl (C=O) groups excluding carboxylic acids is 1. The summed E-state index contributed by atoms with van der Waals surface area (Å²) in [6, 6.07) is 2.08. The summed E-state index contributed by atoms with van der Waals surface area (Å²) in [6.07, 6.45) is 4.94. The van der Waals surface area contributed by atoms with Crippen molar-refractivity contribution in [1.82, 2.24) is 9.78 Å². The van der Waals surface area contributed by atoms with Crippen LogP contribution in [-0.4, -0.2) is 15.6 Å². The third-order valence-electron chi connectivity index (χ3n) is 3.49. The summed E-state index contributed by atoms with van der Waals surface area (Å²) >= 11 is 0. The zero-order valence-electron chi connectivity index (χ0n) is 10.2. The molecule has 0 unspecified atom stereocenters. The van der Waals surface area contributed by atoms with E-state index in [0.717, 1.165) is 37.2 Å². The smallest absolute Gasteiger partial charge is 0.141 e. The summed E-state index contributed by atoms with van der Waals surface area (Å²) in [6.45, 7) is 5.02. The molecule has 1 aliphatic rings. The number of aromatic nitrogens is 2. The van der Waals surface area contributed by atoms with E-state index in [0.29, 0.717) is 18.1 Å². The number of ketones is 1. The number of hydrogen-bond acceptors (Lipinski definition) is 2. The van der Waals surface area contributed by atoms with E-state index in [-0.39, 0.29) is 0 Å². The Balaban J connectivity index is 2.06. The van der Waals surface area contributed by atoms with E-state index < -0.39 is 0 Å². The van der Waals surface area contributed by atoms with Gasteiger partial charge in [0.15, 0.2) is 0 Å². The van der Waals surface area contributed by atoms with Gasteiger partial charge in [-0.15, -0.1) is 0 Å². The summed E-state index contributed by atoms with van der Waals surface area (Å²) in [5, 5.41) is 4.47. The second kappa shape index (κ2) is 4.81. The normalized spacial score (nSPS) is 16.1. The highest BCUT2D eigenvalue weighted by atomic mass is 16.1. The van der Waals surface area contributed by atoms with Gasteiger partial charge >= 0.3 is 0 Å². The van der Waals surface area contributed by atoms with E-state index in [1.165, 1.54) is 6.42 Å². The maximum absolute atomic E-state index is 11.9. The van der Waals surface area contributed by atoms with Gasteiger partial charge in [-0.1, -0.05) is 13.3 Å². The minimum absolute atomic E-state index is 0.338. The number of aryl methyl sites for hydroxylation is 2. The van der Waals surface area contributed by atoms with Gasteiger partial charge in [-0.25, -0.2) is 0 Å². The molecule has 0 bridgehead atoms. The fraction of sp³-hybridized carbons (Fsp3) is 0.692. The zero-order valence-corrected chi connectivity index (χ0v) is 10.2. The van der Waals surface area contributed by atoms with Crippen LogP contribution in [0.25, 0.3) is 0 Å². The first-order valence-corrected chi connectivity index (χ1v) is 6.32. The fourth-order valence-electron chi connectivity index (χ4n) is 2.16. The van der Waals surface area contributed by atoms with E-state index in [4.69, 9.17) is 0 Å². The van der Waals surface area contributed by atoms with E-state index >= 15 is 0 Å². The van der Waals surface area contributed by atoms with Crippen LogP contribution in [0.4, 0.5) is 0 Å². The van der Waals surface area contributed by atoms with E-state index in [2.05, 4.69) is 25.0 Å². The van der Waals surface area contributed by atoms with Gasteiger partial charge in [0.05, 0.1) is 5.69 Å². The molecule has 3 nitrogen and oxygen atoms in total. The molecule has 2 rings (SSSR count). The van der Waals surface area contributed by atoms with Crippen LogP contribution in [-0.2, 0) is 24.2 Å². The molecule has 0 aromatic carbocycles. The molecule has 1 fully saturated rings. The molecular weight excluding hydrogens is 200 g/mol. The maximum Gasteiger partial charge on any atom is 0.141 e. The van der Waals surface area contributed by atoms with E-state index in [1.54, 1.807) is 0 Å². The second-order valence-corrected chi connectivity index (χ2v) is 4.57. The number of rotatable bonds is 5. The molecule has 0 spiro atoms. The summed E-state index contributed by atoms with van der Waals surface area (Å²) in [5.41, 5.74) is 2.19. The Kier molecular flexibility index (Phi) is 3.42. The Bertz CT molecular complexity index is 377. The molecule has 0 radical (unpaired) electrons. The maximum atomic E-state index is 11.9. The molecule has 1 aliphatic carbocycles. The first kappa shape index (κ1) is 11.4. The molecular formula is C13H20N2O. The minimum Gasteiger partial charge on any atom is -0.299 e. The third kappa shape index (κ3) is 2.18. The highest BCUT2D eigenvalue weighted by molar-refractivity contribution is 5.83. The number of nitrogens with zero attached hydrogens (tertiary/aromatic N) is 2. The van der Waals surface area contributed by atoms with Crippen LogP contribution in [0, 0.1) is 5.92 Å². The van der Waals surface area contributed by atoms with Crippen molar-refractivity contribution in [1.29, 1.82) is 0 Å². The van der Waals surface area contributed by atoms with Crippen molar-refractivity contribution in [2.75, 3.05) is 0 Å².